The molecular formula is C13H17NO4. The van der Waals surface area contributed by atoms with Gasteiger partial charge in [-0.2, -0.15) is 0 Å². The monoisotopic (exact) mass is 251 g/mol. The minimum Gasteiger partial charge on any atom is -0.481 e. The van der Waals surface area contributed by atoms with Crippen LogP contribution in [0.1, 0.15) is 35.9 Å². The number of carboxylic acid groups (broad SMARTS) is 1. The number of aliphatic carboxylic acids is 1. The van der Waals surface area contributed by atoms with Crippen LogP contribution in [0, 0.1) is 5.92 Å². The molecule has 0 aromatic carbocycles. The molecule has 5 nitrogen and oxygen atoms in total. The fourth-order valence-corrected chi connectivity index (χ4v) is 2.34. The fourth-order valence-electron chi connectivity index (χ4n) is 2.34. The lowest BCUT2D eigenvalue weighted by atomic mass is 9.97. The van der Waals surface area contributed by atoms with Crippen molar-refractivity contribution in [3.8, 4) is 0 Å². The third kappa shape index (κ3) is 2.39. The highest BCUT2D eigenvalue weighted by atomic mass is 16.4. The van der Waals surface area contributed by atoms with Crippen LogP contribution < -0.4 is 0 Å². The largest absolute Gasteiger partial charge is 0.481 e. The maximum atomic E-state index is 12.3. The lowest BCUT2D eigenvalue weighted by Gasteiger charge is -2.30. The first-order valence-corrected chi connectivity index (χ1v) is 6.22. The van der Waals surface area contributed by atoms with E-state index in [1.807, 2.05) is 6.92 Å². The van der Waals surface area contributed by atoms with Gasteiger partial charge in [-0.1, -0.05) is 6.92 Å². The van der Waals surface area contributed by atoms with E-state index in [2.05, 4.69) is 0 Å². The molecule has 0 radical (unpaired) electrons. The van der Waals surface area contributed by atoms with Crippen molar-refractivity contribution in [2.24, 2.45) is 5.92 Å². The lowest BCUT2D eigenvalue weighted by Crippen LogP contribution is -2.42. The summed E-state index contributed by atoms with van der Waals surface area (Å²) in [6.45, 7) is 2.84. The van der Waals surface area contributed by atoms with Crippen LogP contribution >= 0.6 is 0 Å². The van der Waals surface area contributed by atoms with Gasteiger partial charge in [0.15, 0.2) is 0 Å². The summed E-state index contributed by atoms with van der Waals surface area (Å²) < 4.78 is 5.24. The third-order valence-electron chi connectivity index (χ3n) is 3.35. The second kappa shape index (κ2) is 5.25. The SMILES string of the molecule is CCc1occc1C(=O)N1CCC[C@H](C(=O)O)C1. The molecule has 0 unspecified atom stereocenters. The molecule has 1 saturated heterocycles. The minimum atomic E-state index is -0.824. The lowest BCUT2D eigenvalue weighted by molar-refractivity contribution is -0.143. The highest BCUT2D eigenvalue weighted by molar-refractivity contribution is 5.95. The van der Waals surface area contributed by atoms with Gasteiger partial charge >= 0.3 is 5.97 Å². The summed E-state index contributed by atoms with van der Waals surface area (Å²) in [6, 6.07) is 1.66. The summed E-state index contributed by atoms with van der Waals surface area (Å²) in [5.41, 5.74) is 0.559. The first-order chi connectivity index (χ1) is 8.63. The topological polar surface area (TPSA) is 70.8 Å². The molecule has 5 heteroatoms. The molecule has 2 heterocycles. The molecule has 0 saturated carbocycles. The predicted molar refractivity (Wildman–Crippen MR) is 64.3 cm³/mol. The van der Waals surface area contributed by atoms with Crippen molar-refractivity contribution in [2.45, 2.75) is 26.2 Å². The average molecular weight is 251 g/mol. The molecule has 1 fully saturated rings. The van der Waals surface area contributed by atoms with Crippen molar-refractivity contribution in [3.05, 3.63) is 23.7 Å². The van der Waals surface area contributed by atoms with E-state index in [4.69, 9.17) is 9.52 Å². The van der Waals surface area contributed by atoms with Crippen LogP contribution in [0.3, 0.4) is 0 Å². The summed E-state index contributed by atoms with van der Waals surface area (Å²) in [7, 11) is 0. The van der Waals surface area contributed by atoms with E-state index < -0.39 is 11.9 Å². The van der Waals surface area contributed by atoms with Crippen LogP contribution in [0.2, 0.25) is 0 Å². The van der Waals surface area contributed by atoms with Gasteiger partial charge in [0.2, 0.25) is 0 Å². The van der Waals surface area contributed by atoms with Gasteiger partial charge < -0.3 is 14.4 Å². The molecule has 0 bridgehead atoms. The third-order valence-corrected chi connectivity index (χ3v) is 3.35. The minimum absolute atomic E-state index is 0.119. The molecule has 2 rings (SSSR count). The Labute approximate surface area is 105 Å². The molecule has 1 aromatic rings. The van der Waals surface area contributed by atoms with Crippen molar-refractivity contribution >= 4 is 11.9 Å². The van der Waals surface area contributed by atoms with Crippen LogP contribution in [-0.2, 0) is 11.2 Å². The summed E-state index contributed by atoms with van der Waals surface area (Å²) in [4.78, 5) is 24.9. The number of hydrogen-bond donors (Lipinski definition) is 1. The van der Waals surface area contributed by atoms with E-state index in [9.17, 15) is 9.59 Å². The summed E-state index contributed by atoms with van der Waals surface area (Å²) in [6.07, 6.45) is 3.54. The summed E-state index contributed by atoms with van der Waals surface area (Å²) in [5, 5.41) is 9.01. The molecule has 1 amide bonds. The Balaban J connectivity index is 2.11. The highest BCUT2D eigenvalue weighted by Crippen LogP contribution is 2.21. The highest BCUT2D eigenvalue weighted by Gasteiger charge is 2.29. The Morgan fingerprint density at radius 1 is 1.56 bits per heavy atom. The molecule has 0 aliphatic carbocycles. The van der Waals surface area contributed by atoms with Gasteiger partial charge in [0.1, 0.15) is 5.76 Å². The van der Waals surface area contributed by atoms with Gasteiger partial charge in [-0.3, -0.25) is 9.59 Å². The number of aryl methyl sites for hydroxylation is 1. The molecule has 1 aliphatic heterocycles. The maximum Gasteiger partial charge on any atom is 0.308 e. The number of amides is 1. The van der Waals surface area contributed by atoms with Crippen LogP contribution in [0.5, 0.6) is 0 Å². The maximum absolute atomic E-state index is 12.3. The second-order valence-electron chi connectivity index (χ2n) is 4.54. The van der Waals surface area contributed by atoms with Crippen LogP contribution in [0.4, 0.5) is 0 Å². The van der Waals surface area contributed by atoms with Crippen molar-refractivity contribution in [1.82, 2.24) is 4.90 Å². The predicted octanol–water partition coefficient (Wildman–Crippen LogP) is 1.78. The van der Waals surface area contributed by atoms with Gasteiger partial charge in [0, 0.05) is 19.5 Å². The smallest absolute Gasteiger partial charge is 0.308 e. The Hall–Kier alpha value is -1.78. The van der Waals surface area contributed by atoms with Gasteiger partial charge in [-0.15, -0.1) is 0 Å². The van der Waals surface area contributed by atoms with Crippen molar-refractivity contribution in [1.29, 1.82) is 0 Å². The van der Waals surface area contributed by atoms with E-state index in [1.54, 1.807) is 11.0 Å². The van der Waals surface area contributed by atoms with Gasteiger partial charge in [-0.25, -0.2) is 0 Å². The number of nitrogens with zero attached hydrogens (tertiary/aromatic N) is 1. The van der Waals surface area contributed by atoms with Gasteiger partial charge in [0.25, 0.3) is 5.91 Å². The molecule has 98 valence electrons. The average Bonchev–Trinajstić information content (AvgIpc) is 2.86. The number of carboxylic acids is 1. The molecule has 1 aromatic heterocycles. The van der Waals surface area contributed by atoms with E-state index in [1.165, 1.54) is 6.26 Å². The molecule has 1 N–H and O–H groups in total. The second-order valence-corrected chi connectivity index (χ2v) is 4.54. The molecule has 1 atom stereocenters. The zero-order chi connectivity index (χ0) is 13.1. The number of hydrogen-bond acceptors (Lipinski definition) is 3. The quantitative estimate of drug-likeness (QED) is 0.888. The first-order valence-electron chi connectivity index (χ1n) is 6.22. The number of likely N-dealkylation sites (tertiary alicyclic amines) is 1. The Kier molecular flexibility index (Phi) is 3.69. The van der Waals surface area contributed by atoms with Crippen molar-refractivity contribution in [3.63, 3.8) is 0 Å². The van der Waals surface area contributed by atoms with E-state index in [0.717, 1.165) is 6.42 Å². The summed E-state index contributed by atoms with van der Waals surface area (Å²) in [5.74, 6) is -0.723. The molecule has 1 aliphatic rings. The van der Waals surface area contributed by atoms with E-state index in [0.29, 0.717) is 37.3 Å². The van der Waals surface area contributed by atoms with Crippen LogP contribution in [0.25, 0.3) is 0 Å². The number of furan rings is 1. The molecule has 0 spiro atoms. The van der Waals surface area contributed by atoms with Crippen LogP contribution in [-0.4, -0.2) is 35.0 Å². The van der Waals surface area contributed by atoms with Crippen molar-refractivity contribution in [2.75, 3.05) is 13.1 Å². The molecular weight excluding hydrogens is 234 g/mol. The normalized spacial score (nSPS) is 19.8. The van der Waals surface area contributed by atoms with Gasteiger partial charge in [0.05, 0.1) is 17.7 Å². The van der Waals surface area contributed by atoms with Crippen LogP contribution in [0.15, 0.2) is 16.7 Å². The Bertz CT molecular complexity index is 452. The fraction of sp³-hybridized carbons (Fsp3) is 0.538. The number of carbonyl (C=O) groups excluding carboxylic acids is 1. The zero-order valence-corrected chi connectivity index (χ0v) is 10.4. The summed E-state index contributed by atoms with van der Waals surface area (Å²) >= 11 is 0. The number of piperidine rings is 1. The number of carbonyl (C=O) groups is 2. The van der Waals surface area contributed by atoms with Crippen molar-refractivity contribution < 1.29 is 19.1 Å². The Morgan fingerprint density at radius 2 is 2.33 bits per heavy atom. The van der Waals surface area contributed by atoms with E-state index >= 15 is 0 Å². The van der Waals surface area contributed by atoms with E-state index in [-0.39, 0.29) is 5.91 Å². The molecule has 18 heavy (non-hydrogen) atoms. The standard InChI is InChI=1S/C13H17NO4/c1-2-11-10(5-7-18-11)12(15)14-6-3-4-9(8-14)13(16)17/h5,7,9H,2-4,6,8H2,1H3,(H,16,17)/t9-/m0/s1. The van der Waals surface area contributed by atoms with Gasteiger partial charge in [-0.05, 0) is 18.9 Å². The Morgan fingerprint density at radius 3 is 3.00 bits per heavy atom. The first kappa shape index (κ1) is 12.7. The zero-order valence-electron chi connectivity index (χ0n) is 10.4. The number of rotatable bonds is 3.